The van der Waals surface area contributed by atoms with Crippen molar-refractivity contribution in [3.63, 3.8) is 0 Å². The molecule has 4 nitrogen and oxygen atoms in total. The highest BCUT2D eigenvalue weighted by atomic mass is 16.4. The van der Waals surface area contributed by atoms with Crippen LogP contribution in [0.4, 0.5) is 5.69 Å². The number of hydrogen-bond acceptors (Lipinski definition) is 3. The van der Waals surface area contributed by atoms with Crippen LogP contribution in [-0.2, 0) is 0 Å². The highest BCUT2D eigenvalue weighted by Crippen LogP contribution is 2.18. The zero-order chi connectivity index (χ0) is 10.6. The van der Waals surface area contributed by atoms with Crippen LogP contribution in [0.1, 0.15) is 11.1 Å². The van der Waals surface area contributed by atoms with Gasteiger partial charge in [-0.2, -0.15) is 0 Å². The molecule has 0 aromatic heterocycles. The van der Waals surface area contributed by atoms with E-state index in [1.165, 1.54) is 0 Å². The molecule has 0 radical (unpaired) electrons. The molecule has 4 heteroatoms. The van der Waals surface area contributed by atoms with E-state index in [9.17, 15) is 0 Å². The number of nitrogens with two attached hydrogens (primary N) is 1. The van der Waals surface area contributed by atoms with E-state index in [1.807, 2.05) is 32.0 Å². The minimum atomic E-state index is 0.174. The number of amidine groups is 1. The third-order valence-corrected chi connectivity index (χ3v) is 2.06. The van der Waals surface area contributed by atoms with Gasteiger partial charge in [0, 0.05) is 5.69 Å². The predicted octanol–water partition coefficient (Wildman–Crippen LogP) is 1.46. The quantitative estimate of drug-likeness (QED) is 0.294. The summed E-state index contributed by atoms with van der Waals surface area (Å²) in [4.78, 5) is 0. The largest absolute Gasteiger partial charge is 0.409 e. The standard InChI is InChI=1S/C10H15N3O/c1-7-4-3-5-8(2)10(7)12-6-9(11)13-14/h3-5,12,14H,6H2,1-2H3,(H2,11,13). The fourth-order valence-electron chi connectivity index (χ4n) is 1.31. The summed E-state index contributed by atoms with van der Waals surface area (Å²) >= 11 is 0. The van der Waals surface area contributed by atoms with Gasteiger partial charge in [0.05, 0.1) is 6.54 Å². The van der Waals surface area contributed by atoms with Crippen LogP contribution in [-0.4, -0.2) is 17.6 Å². The van der Waals surface area contributed by atoms with Crippen molar-refractivity contribution < 1.29 is 5.21 Å². The molecule has 4 N–H and O–H groups in total. The summed E-state index contributed by atoms with van der Waals surface area (Å²) in [5.41, 5.74) is 8.70. The molecule has 1 aromatic rings. The zero-order valence-electron chi connectivity index (χ0n) is 8.41. The topological polar surface area (TPSA) is 70.6 Å². The van der Waals surface area contributed by atoms with Gasteiger partial charge in [0.2, 0.25) is 0 Å². The molecule has 0 fully saturated rings. The second kappa shape index (κ2) is 4.50. The Hall–Kier alpha value is -1.71. The van der Waals surface area contributed by atoms with E-state index in [1.54, 1.807) is 0 Å². The average molecular weight is 193 g/mol. The fourth-order valence-corrected chi connectivity index (χ4v) is 1.31. The molecule has 0 spiro atoms. The molecule has 1 rings (SSSR count). The van der Waals surface area contributed by atoms with Crippen LogP contribution >= 0.6 is 0 Å². The summed E-state index contributed by atoms with van der Waals surface area (Å²) < 4.78 is 0. The third-order valence-electron chi connectivity index (χ3n) is 2.06. The van der Waals surface area contributed by atoms with Gasteiger partial charge in [-0.15, -0.1) is 0 Å². The Bertz CT molecular complexity index is 327. The molecule has 14 heavy (non-hydrogen) atoms. The first-order valence-corrected chi connectivity index (χ1v) is 4.41. The van der Waals surface area contributed by atoms with Crippen molar-refractivity contribution in [1.82, 2.24) is 0 Å². The van der Waals surface area contributed by atoms with Crippen LogP contribution in [0.15, 0.2) is 23.4 Å². The van der Waals surface area contributed by atoms with Crippen molar-refractivity contribution in [2.45, 2.75) is 13.8 Å². The van der Waals surface area contributed by atoms with E-state index in [0.29, 0.717) is 6.54 Å². The minimum absolute atomic E-state index is 0.174. The smallest absolute Gasteiger partial charge is 0.158 e. The van der Waals surface area contributed by atoms with E-state index in [0.717, 1.165) is 16.8 Å². The van der Waals surface area contributed by atoms with E-state index >= 15 is 0 Å². The fraction of sp³-hybridized carbons (Fsp3) is 0.300. The van der Waals surface area contributed by atoms with Gasteiger partial charge >= 0.3 is 0 Å². The third kappa shape index (κ3) is 2.39. The Balaban J connectivity index is 2.76. The number of para-hydroxylation sites is 1. The lowest BCUT2D eigenvalue weighted by molar-refractivity contribution is 0.317. The second-order valence-corrected chi connectivity index (χ2v) is 3.21. The first-order valence-electron chi connectivity index (χ1n) is 4.41. The van der Waals surface area contributed by atoms with Gasteiger partial charge in [-0.25, -0.2) is 0 Å². The summed E-state index contributed by atoms with van der Waals surface area (Å²) in [7, 11) is 0. The van der Waals surface area contributed by atoms with Crippen LogP contribution < -0.4 is 11.1 Å². The lowest BCUT2D eigenvalue weighted by atomic mass is 10.1. The summed E-state index contributed by atoms with van der Waals surface area (Å²) in [5, 5.41) is 14.4. The zero-order valence-corrected chi connectivity index (χ0v) is 8.41. The summed E-state index contributed by atoms with van der Waals surface area (Å²) in [6.45, 7) is 4.38. The molecule has 0 aliphatic carbocycles. The van der Waals surface area contributed by atoms with Crippen molar-refractivity contribution in [2.75, 3.05) is 11.9 Å². The average Bonchev–Trinajstić information content (AvgIpc) is 2.16. The van der Waals surface area contributed by atoms with E-state index in [4.69, 9.17) is 10.9 Å². The summed E-state index contributed by atoms with van der Waals surface area (Å²) in [5.74, 6) is 0.174. The molecule has 0 unspecified atom stereocenters. The molecule has 0 aliphatic rings. The SMILES string of the molecule is Cc1cccc(C)c1NCC(N)=NO. The molecule has 0 bridgehead atoms. The Morgan fingerprint density at radius 1 is 1.43 bits per heavy atom. The second-order valence-electron chi connectivity index (χ2n) is 3.21. The number of rotatable bonds is 3. The van der Waals surface area contributed by atoms with Crippen molar-refractivity contribution >= 4 is 11.5 Å². The lowest BCUT2D eigenvalue weighted by Gasteiger charge is -2.11. The summed E-state index contributed by atoms with van der Waals surface area (Å²) in [6.07, 6.45) is 0. The van der Waals surface area contributed by atoms with Crippen LogP contribution in [0, 0.1) is 13.8 Å². The van der Waals surface area contributed by atoms with E-state index in [2.05, 4.69) is 10.5 Å². The number of benzene rings is 1. The molecular weight excluding hydrogens is 178 g/mol. The van der Waals surface area contributed by atoms with E-state index in [-0.39, 0.29) is 5.84 Å². The number of aryl methyl sites for hydroxylation is 2. The summed E-state index contributed by atoms with van der Waals surface area (Å²) in [6, 6.07) is 6.03. The molecule has 0 saturated heterocycles. The van der Waals surface area contributed by atoms with Gasteiger partial charge in [0.25, 0.3) is 0 Å². The van der Waals surface area contributed by atoms with Crippen molar-refractivity contribution in [3.8, 4) is 0 Å². The molecule has 0 amide bonds. The molecule has 0 atom stereocenters. The Labute approximate surface area is 83.4 Å². The predicted molar refractivity (Wildman–Crippen MR) is 57.8 cm³/mol. The highest BCUT2D eigenvalue weighted by Gasteiger charge is 2.01. The molecule has 76 valence electrons. The van der Waals surface area contributed by atoms with Crippen LogP contribution in [0.3, 0.4) is 0 Å². The monoisotopic (exact) mass is 193 g/mol. The molecule has 0 saturated carbocycles. The van der Waals surface area contributed by atoms with Gasteiger partial charge in [-0.05, 0) is 25.0 Å². The Kier molecular flexibility index (Phi) is 3.34. The van der Waals surface area contributed by atoms with Crippen molar-refractivity contribution in [2.24, 2.45) is 10.9 Å². The van der Waals surface area contributed by atoms with Crippen molar-refractivity contribution in [1.29, 1.82) is 0 Å². The maximum atomic E-state index is 8.37. The molecular formula is C10H15N3O. The lowest BCUT2D eigenvalue weighted by Crippen LogP contribution is -2.23. The number of anilines is 1. The van der Waals surface area contributed by atoms with Crippen molar-refractivity contribution in [3.05, 3.63) is 29.3 Å². The molecule has 0 aliphatic heterocycles. The van der Waals surface area contributed by atoms with Gasteiger partial charge in [-0.3, -0.25) is 0 Å². The maximum absolute atomic E-state index is 8.37. The Morgan fingerprint density at radius 3 is 2.50 bits per heavy atom. The number of nitrogens with one attached hydrogen (secondary N) is 1. The number of nitrogens with zero attached hydrogens (tertiary/aromatic N) is 1. The van der Waals surface area contributed by atoms with Gasteiger partial charge in [0.15, 0.2) is 5.84 Å². The highest BCUT2D eigenvalue weighted by molar-refractivity contribution is 5.84. The normalized spacial score (nSPS) is 11.4. The van der Waals surface area contributed by atoms with Gasteiger partial charge in [0.1, 0.15) is 0 Å². The maximum Gasteiger partial charge on any atom is 0.158 e. The van der Waals surface area contributed by atoms with Gasteiger partial charge in [-0.1, -0.05) is 23.4 Å². The van der Waals surface area contributed by atoms with E-state index < -0.39 is 0 Å². The van der Waals surface area contributed by atoms with Gasteiger partial charge < -0.3 is 16.3 Å². The number of oxime groups is 1. The van der Waals surface area contributed by atoms with Crippen LogP contribution in [0.5, 0.6) is 0 Å². The molecule has 0 heterocycles. The Morgan fingerprint density at radius 2 is 2.00 bits per heavy atom. The van der Waals surface area contributed by atoms with Crippen LogP contribution in [0.2, 0.25) is 0 Å². The number of hydrogen-bond donors (Lipinski definition) is 3. The van der Waals surface area contributed by atoms with Crippen LogP contribution in [0.25, 0.3) is 0 Å². The first kappa shape index (κ1) is 10.4. The molecule has 1 aromatic carbocycles. The first-order chi connectivity index (χ1) is 6.65. The minimum Gasteiger partial charge on any atom is -0.409 e.